The molecule has 3 aromatic rings. The Morgan fingerprint density at radius 3 is 2.53 bits per heavy atom. The van der Waals surface area contributed by atoms with Gasteiger partial charge in [-0.05, 0) is 66.4 Å². The minimum Gasteiger partial charge on any atom is -0.488 e. The van der Waals surface area contributed by atoms with Crippen LogP contribution in [-0.2, 0) is 17.8 Å². The number of aryl methyl sites for hydroxylation is 2. The Morgan fingerprint density at radius 2 is 1.77 bits per heavy atom. The zero-order valence-electron chi connectivity index (χ0n) is 16.8. The third kappa shape index (κ3) is 6.34. The molecule has 0 aliphatic heterocycles. The molecule has 0 aliphatic carbocycles. The number of hydrogen-bond acceptors (Lipinski definition) is 3. The van der Waals surface area contributed by atoms with E-state index in [1.165, 1.54) is 11.8 Å². The molecule has 0 unspecified atom stereocenters. The first-order valence-electron chi connectivity index (χ1n) is 9.45. The minimum absolute atomic E-state index is 0.196. The summed E-state index contributed by atoms with van der Waals surface area (Å²) in [6.45, 7) is 4.42. The first-order chi connectivity index (χ1) is 14.4. The van der Waals surface area contributed by atoms with E-state index >= 15 is 0 Å². The molecule has 0 aromatic heterocycles. The fourth-order valence-electron chi connectivity index (χ4n) is 2.85. The van der Waals surface area contributed by atoms with Gasteiger partial charge in [-0.3, -0.25) is 4.79 Å². The first-order valence-corrected chi connectivity index (χ1v) is 10.2. The summed E-state index contributed by atoms with van der Waals surface area (Å²) in [6, 6.07) is 18.7. The van der Waals surface area contributed by atoms with Gasteiger partial charge in [0.25, 0.3) is 0 Å². The molecule has 6 heteroatoms. The first kappa shape index (κ1) is 21.9. The average molecular weight is 441 g/mol. The summed E-state index contributed by atoms with van der Waals surface area (Å²) in [5, 5.41) is 5.27. The highest BCUT2D eigenvalue weighted by Gasteiger charge is 2.06. The van der Waals surface area contributed by atoms with Crippen molar-refractivity contribution < 1.29 is 9.53 Å². The summed E-state index contributed by atoms with van der Waals surface area (Å²) in [7, 11) is 0. The van der Waals surface area contributed by atoms with Crippen LogP contribution in [0.2, 0.25) is 10.0 Å². The zero-order chi connectivity index (χ0) is 21.5. The number of hydrazone groups is 1. The summed E-state index contributed by atoms with van der Waals surface area (Å²) >= 11 is 12.1. The van der Waals surface area contributed by atoms with Crippen LogP contribution in [0.1, 0.15) is 27.8 Å². The second-order valence-electron chi connectivity index (χ2n) is 6.99. The molecule has 0 bridgehead atoms. The van der Waals surface area contributed by atoms with Gasteiger partial charge in [-0.25, -0.2) is 5.43 Å². The lowest BCUT2D eigenvalue weighted by Crippen LogP contribution is -2.19. The highest BCUT2D eigenvalue weighted by molar-refractivity contribution is 6.31. The van der Waals surface area contributed by atoms with Crippen LogP contribution in [0, 0.1) is 13.8 Å². The lowest BCUT2D eigenvalue weighted by molar-refractivity contribution is -0.120. The Kier molecular flexibility index (Phi) is 7.50. The van der Waals surface area contributed by atoms with Gasteiger partial charge < -0.3 is 4.74 Å². The molecule has 3 aromatic carbocycles. The van der Waals surface area contributed by atoms with Crippen molar-refractivity contribution in [2.24, 2.45) is 5.10 Å². The molecule has 1 amide bonds. The standard InChI is InChI=1S/C24H22Cl2N2O2/c1-16-6-7-18(10-17(16)2)12-24(29)28-27-14-20-13-22(26)8-9-23(20)30-15-19-4-3-5-21(25)11-19/h3-11,13-14H,12,15H2,1-2H3,(H,28,29)/b27-14-. The molecule has 3 rings (SSSR count). The molecule has 0 saturated heterocycles. The van der Waals surface area contributed by atoms with Crippen molar-refractivity contribution in [2.75, 3.05) is 0 Å². The van der Waals surface area contributed by atoms with E-state index in [0.717, 1.165) is 16.7 Å². The number of benzene rings is 3. The number of nitrogens with one attached hydrogen (secondary N) is 1. The van der Waals surface area contributed by atoms with Crippen LogP contribution in [0.5, 0.6) is 5.75 Å². The Hall–Kier alpha value is -2.82. The molecule has 0 radical (unpaired) electrons. The molecule has 0 atom stereocenters. The van der Waals surface area contributed by atoms with Crippen molar-refractivity contribution in [1.82, 2.24) is 5.43 Å². The van der Waals surface area contributed by atoms with Crippen molar-refractivity contribution in [1.29, 1.82) is 0 Å². The highest BCUT2D eigenvalue weighted by Crippen LogP contribution is 2.23. The van der Waals surface area contributed by atoms with Crippen LogP contribution in [0.15, 0.2) is 65.8 Å². The van der Waals surface area contributed by atoms with Gasteiger partial charge in [0.1, 0.15) is 12.4 Å². The van der Waals surface area contributed by atoms with Crippen LogP contribution < -0.4 is 10.2 Å². The number of nitrogens with zero attached hydrogens (tertiary/aromatic N) is 1. The molecule has 0 fully saturated rings. The predicted octanol–water partition coefficient (Wildman–Crippen LogP) is 5.88. The normalized spacial score (nSPS) is 10.9. The summed E-state index contributed by atoms with van der Waals surface area (Å²) in [5.41, 5.74) is 7.46. The van der Waals surface area contributed by atoms with Crippen LogP contribution in [0.3, 0.4) is 0 Å². The van der Waals surface area contributed by atoms with Crippen LogP contribution >= 0.6 is 23.2 Å². The van der Waals surface area contributed by atoms with Crippen LogP contribution in [0.4, 0.5) is 0 Å². The van der Waals surface area contributed by atoms with E-state index in [1.807, 2.05) is 56.3 Å². The van der Waals surface area contributed by atoms with E-state index in [1.54, 1.807) is 18.2 Å². The molecule has 0 spiro atoms. The van der Waals surface area contributed by atoms with Crippen molar-refractivity contribution in [3.63, 3.8) is 0 Å². The van der Waals surface area contributed by atoms with Crippen LogP contribution in [-0.4, -0.2) is 12.1 Å². The Balaban J connectivity index is 1.63. The third-order valence-corrected chi connectivity index (χ3v) is 5.05. The van der Waals surface area contributed by atoms with Crippen LogP contribution in [0.25, 0.3) is 0 Å². The maximum Gasteiger partial charge on any atom is 0.244 e. The minimum atomic E-state index is -0.196. The maximum atomic E-state index is 12.2. The summed E-state index contributed by atoms with van der Waals surface area (Å²) < 4.78 is 5.89. The van der Waals surface area contributed by atoms with Crippen molar-refractivity contribution in [3.05, 3.63) is 98.5 Å². The molecule has 0 aliphatic rings. The van der Waals surface area contributed by atoms with Gasteiger partial charge >= 0.3 is 0 Å². The Bertz CT molecular complexity index is 1080. The second-order valence-corrected chi connectivity index (χ2v) is 7.86. The molecular weight excluding hydrogens is 419 g/mol. The molecule has 1 N–H and O–H groups in total. The topological polar surface area (TPSA) is 50.7 Å². The molecule has 0 heterocycles. The van der Waals surface area contributed by atoms with Gasteiger partial charge in [-0.15, -0.1) is 0 Å². The maximum absolute atomic E-state index is 12.2. The van der Waals surface area contributed by atoms with Crippen molar-refractivity contribution >= 4 is 35.3 Å². The number of carbonyl (C=O) groups is 1. The van der Waals surface area contributed by atoms with Crippen molar-refractivity contribution in [2.45, 2.75) is 26.9 Å². The van der Waals surface area contributed by atoms with Gasteiger partial charge in [0.15, 0.2) is 0 Å². The number of ether oxygens (including phenoxy) is 1. The fourth-order valence-corrected chi connectivity index (χ4v) is 3.25. The van der Waals surface area contributed by atoms with E-state index < -0.39 is 0 Å². The zero-order valence-corrected chi connectivity index (χ0v) is 18.3. The number of halogens is 2. The number of carbonyl (C=O) groups excluding carboxylic acids is 1. The lowest BCUT2D eigenvalue weighted by Gasteiger charge is -2.10. The third-order valence-electron chi connectivity index (χ3n) is 4.58. The smallest absolute Gasteiger partial charge is 0.244 e. The van der Waals surface area contributed by atoms with Crippen molar-refractivity contribution in [3.8, 4) is 5.75 Å². The van der Waals surface area contributed by atoms with E-state index in [2.05, 4.69) is 10.5 Å². The van der Waals surface area contributed by atoms with Gasteiger partial charge in [0.05, 0.1) is 12.6 Å². The average Bonchev–Trinajstić information content (AvgIpc) is 2.70. The lowest BCUT2D eigenvalue weighted by atomic mass is 10.0. The molecular formula is C24H22Cl2N2O2. The summed E-state index contributed by atoms with van der Waals surface area (Å²) in [6.07, 6.45) is 1.78. The van der Waals surface area contributed by atoms with Gasteiger partial charge in [-0.2, -0.15) is 5.10 Å². The summed E-state index contributed by atoms with van der Waals surface area (Å²) in [4.78, 5) is 12.2. The molecule has 0 saturated carbocycles. The largest absolute Gasteiger partial charge is 0.488 e. The fraction of sp³-hybridized carbons (Fsp3) is 0.167. The van der Waals surface area contributed by atoms with Gasteiger partial charge in [0, 0.05) is 15.6 Å². The number of hydrogen-bond donors (Lipinski definition) is 1. The van der Waals surface area contributed by atoms with Gasteiger partial charge in [0.2, 0.25) is 5.91 Å². The molecule has 154 valence electrons. The number of rotatable bonds is 7. The Labute approximate surface area is 186 Å². The SMILES string of the molecule is Cc1ccc(CC(=O)N/N=C\c2cc(Cl)ccc2OCc2cccc(Cl)c2)cc1C. The van der Waals surface area contributed by atoms with Gasteiger partial charge in [-0.1, -0.05) is 53.5 Å². The van der Waals surface area contributed by atoms with E-state index in [4.69, 9.17) is 27.9 Å². The number of amides is 1. The van der Waals surface area contributed by atoms with E-state index in [9.17, 15) is 4.79 Å². The second kappa shape index (κ2) is 10.3. The molecule has 4 nitrogen and oxygen atoms in total. The quantitative estimate of drug-likeness (QED) is 0.368. The molecule has 30 heavy (non-hydrogen) atoms. The van der Waals surface area contributed by atoms with E-state index in [-0.39, 0.29) is 12.3 Å². The monoisotopic (exact) mass is 440 g/mol. The van der Waals surface area contributed by atoms with E-state index in [0.29, 0.717) is 28.0 Å². The summed E-state index contributed by atoms with van der Waals surface area (Å²) in [5.74, 6) is 0.407. The Morgan fingerprint density at radius 1 is 0.967 bits per heavy atom. The highest BCUT2D eigenvalue weighted by atomic mass is 35.5. The predicted molar refractivity (Wildman–Crippen MR) is 123 cm³/mol.